The average molecular weight is 957 g/mol. The summed E-state index contributed by atoms with van der Waals surface area (Å²) in [6.07, 6.45) is 4.50. The van der Waals surface area contributed by atoms with Crippen LogP contribution in [0.15, 0.2) is 54.6 Å². The molecule has 2 amide bonds. The van der Waals surface area contributed by atoms with Crippen LogP contribution in [0.5, 0.6) is 11.5 Å². The highest BCUT2D eigenvalue weighted by atomic mass is 16.8. The molecule has 1 saturated heterocycles. The molecular formula is C51H76N2O15. The number of cyclic esters (lactones) is 1. The first-order valence-electron chi connectivity index (χ1n) is 23.2. The van der Waals surface area contributed by atoms with E-state index >= 15 is 0 Å². The van der Waals surface area contributed by atoms with E-state index in [0.717, 1.165) is 11.3 Å². The number of esters is 1. The van der Waals surface area contributed by atoms with Gasteiger partial charge in [0.15, 0.2) is 12.6 Å². The van der Waals surface area contributed by atoms with Gasteiger partial charge in [0, 0.05) is 45.8 Å². The van der Waals surface area contributed by atoms with Gasteiger partial charge in [0.1, 0.15) is 46.6 Å². The van der Waals surface area contributed by atoms with Crippen molar-refractivity contribution in [2.75, 3.05) is 85.7 Å². The van der Waals surface area contributed by atoms with Gasteiger partial charge in [-0.05, 0) is 98.1 Å². The summed E-state index contributed by atoms with van der Waals surface area (Å²) in [5.41, 5.74) is 0.0725. The van der Waals surface area contributed by atoms with Gasteiger partial charge in [-0.15, -0.1) is 0 Å². The lowest BCUT2D eigenvalue weighted by Crippen LogP contribution is -2.45. The van der Waals surface area contributed by atoms with Gasteiger partial charge in [0.25, 0.3) is 0 Å². The molecule has 68 heavy (non-hydrogen) atoms. The molecule has 380 valence electrons. The molecule has 0 radical (unpaired) electrons. The SMILES string of the molecule is COCCOCCOCCN(CCN(C(=O)OC(C)(C)C)c1cc2c(c(OCOC)c1)C(=O)O[C@@H](C)[C@H](C)/C=C\[C@@H](OCc1ccc(OC)cc1)[C@H]1OC(C)(C)O[C@H]1C/C=C/2)C(=O)OC(C)(C)C. The Labute approximate surface area is 403 Å². The molecule has 2 aliphatic heterocycles. The third kappa shape index (κ3) is 18.3. The number of nitrogens with zero attached hydrogens (tertiary/aromatic N) is 2. The van der Waals surface area contributed by atoms with Crippen LogP contribution in [0.4, 0.5) is 15.3 Å². The van der Waals surface area contributed by atoms with E-state index in [2.05, 4.69) is 0 Å². The Morgan fingerprint density at radius 1 is 0.794 bits per heavy atom. The quantitative estimate of drug-likeness (QED) is 0.0406. The molecule has 1 fully saturated rings. The van der Waals surface area contributed by atoms with Gasteiger partial charge < -0.3 is 61.7 Å². The molecule has 0 bridgehead atoms. The van der Waals surface area contributed by atoms with Gasteiger partial charge in [-0.3, -0.25) is 4.90 Å². The van der Waals surface area contributed by atoms with E-state index in [9.17, 15) is 14.4 Å². The highest BCUT2D eigenvalue weighted by molar-refractivity contribution is 5.99. The number of ether oxygens (including phenoxy) is 12. The van der Waals surface area contributed by atoms with Crippen molar-refractivity contribution in [1.29, 1.82) is 0 Å². The van der Waals surface area contributed by atoms with Gasteiger partial charge in [-0.2, -0.15) is 0 Å². The van der Waals surface area contributed by atoms with Crippen LogP contribution in [0.3, 0.4) is 0 Å². The number of benzene rings is 2. The number of fused-ring (bicyclic) bond motifs is 2. The van der Waals surface area contributed by atoms with Crippen LogP contribution in [-0.2, 0) is 54.0 Å². The summed E-state index contributed by atoms with van der Waals surface area (Å²) < 4.78 is 70.5. The van der Waals surface area contributed by atoms with Crippen molar-refractivity contribution >= 4 is 29.9 Å². The van der Waals surface area contributed by atoms with Crippen molar-refractivity contribution in [1.82, 2.24) is 4.90 Å². The number of hydrogen-bond donors (Lipinski definition) is 0. The molecule has 0 spiro atoms. The van der Waals surface area contributed by atoms with Gasteiger partial charge >= 0.3 is 18.2 Å². The molecule has 17 heteroatoms. The van der Waals surface area contributed by atoms with E-state index in [4.69, 9.17) is 56.8 Å². The van der Waals surface area contributed by atoms with Crippen LogP contribution in [0.25, 0.3) is 6.08 Å². The first-order valence-corrected chi connectivity index (χ1v) is 23.2. The van der Waals surface area contributed by atoms with Crippen LogP contribution >= 0.6 is 0 Å². The van der Waals surface area contributed by atoms with Crippen LogP contribution < -0.4 is 14.4 Å². The van der Waals surface area contributed by atoms with Gasteiger partial charge in [-0.25, -0.2) is 14.4 Å². The Morgan fingerprint density at radius 2 is 1.46 bits per heavy atom. The molecule has 0 aromatic heterocycles. The van der Waals surface area contributed by atoms with E-state index < -0.39 is 59.6 Å². The Hall–Kier alpha value is -4.75. The number of methoxy groups -OCH3 is 3. The molecule has 4 rings (SSSR count). The number of carbonyl (C=O) groups is 3. The predicted octanol–water partition coefficient (Wildman–Crippen LogP) is 8.60. The minimum absolute atomic E-state index is 0.0197. The van der Waals surface area contributed by atoms with E-state index in [1.54, 1.807) is 74.0 Å². The lowest BCUT2D eigenvalue weighted by Gasteiger charge is -2.32. The lowest BCUT2D eigenvalue weighted by molar-refractivity contribution is -0.156. The lowest BCUT2D eigenvalue weighted by atomic mass is 9.98. The summed E-state index contributed by atoms with van der Waals surface area (Å²) >= 11 is 0. The fraction of sp³-hybridized carbons (Fsp3) is 0.627. The summed E-state index contributed by atoms with van der Waals surface area (Å²) in [6.45, 7) is 20.0. The normalized spacial score (nSPS) is 21.6. The van der Waals surface area contributed by atoms with Crippen molar-refractivity contribution in [3.63, 3.8) is 0 Å². The zero-order valence-electron chi connectivity index (χ0n) is 42.5. The smallest absolute Gasteiger partial charge is 0.414 e. The summed E-state index contributed by atoms with van der Waals surface area (Å²) in [4.78, 5) is 45.2. The number of anilines is 1. The highest BCUT2D eigenvalue weighted by Gasteiger charge is 2.44. The standard InChI is InChI=1S/C51H76N2O15/c1-35-17-22-41(62-33-37-18-20-40(59-13)21-19-37)45-42(65-51(9,10)66-45)16-14-15-38-31-39(32-43(63-34-58-12)44(38)46(54)64-36(35)2)53(48(56)68-50(6,7)8)24-23-52(47(55)67-49(3,4)5)25-26-60-29-30-61-28-27-57-11/h14-15,17-22,31-32,35-36,41-42,45H,16,23-30,33-34H2,1-13H3/b15-14+,22-17-/t35-,36+,41-,42+,45-/m1/s1. The largest absolute Gasteiger partial charge is 0.497 e. The third-order valence-electron chi connectivity index (χ3n) is 10.6. The van der Waals surface area contributed by atoms with E-state index in [1.165, 1.54) is 16.9 Å². The first kappa shape index (κ1) is 55.8. The fourth-order valence-corrected chi connectivity index (χ4v) is 7.09. The predicted molar refractivity (Wildman–Crippen MR) is 256 cm³/mol. The molecule has 2 aromatic carbocycles. The van der Waals surface area contributed by atoms with Crippen molar-refractivity contribution in [2.24, 2.45) is 5.92 Å². The molecule has 5 atom stereocenters. The Morgan fingerprint density at radius 3 is 2.10 bits per heavy atom. The minimum atomic E-state index is -0.928. The van der Waals surface area contributed by atoms with Crippen LogP contribution in [0, 0.1) is 5.92 Å². The van der Waals surface area contributed by atoms with E-state index in [0.29, 0.717) is 50.7 Å². The summed E-state index contributed by atoms with van der Waals surface area (Å²) in [6, 6.07) is 10.9. The third-order valence-corrected chi connectivity index (χ3v) is 10.6. The number of carbonyl (C=O) groups excluding carboxylic acids is 3. The maximum atomic E-state index is 14.4. The molecule has 2 heterocycles. The first-order chi connectivity index (χ1) is 32.1. The van der Waals surface area contributed by atoms with E-state index in [1.807, 2.05) is 70.2 Å². The zero-order chi connectivity index (χ0) is 50.1. The highest BCUT2D eigenvalue weighted by Crippen LogP contribution is 2.37. The molecule has 17 nitrogen and oxygen atoms in total. The van der Waals surface area contributed by atoms with Gasteiger partial charge in [0.2, 0.25) is 0 Å². The average Bonchev–Trinajstić information content (AvgIpc) is 3.57. The second-order valence-corrected chi connectivity index (χ2v) is 19.0. The molecule has 0 unspecified atom stereocenters. The number of hydrogen-bond acceptors (Lipinski definition) is 15. The monoisotopic (exact) mass is 957 g/mol. The fourth-order valence-electron chi connectivity index (χ4n) is 7.09. The molecule has 2 aromatic rings. The van der Waals surface area contributed by atoms with Gasteiger partial charge in [-0.1, -0.05) is 43.4 Å². The summed E-state index contributed by atoms with van der Waals surface area (Å²) in [5.74, 6) is -1.00. The Kier molecular flexibility index (Phi) is 21.6. The molecule has 2 aliphatic rings. The van der Waals surface area contributed by atoms with E-state index in [-0.39, 0.29) is 50.3 Å². The van der Waals surface area contributed by atoms with Crippen LogP contribution in [-0.4, -0.2) is 145 Å². The maximum Gasteiger partial charge on any atom is 0.414 e. The molecule has 0 saturated carbocycles. The molecule has 0 aliphatic carbocycles. The molecular weight excluding hydrogens is 881 g/mol. The zero-order valence-corrected chi connectivity index (χ0v) is 42.5. The molecule has 0 N–H and O–H groups in total. The van der Waals surface area contributed by atoms with Crippen LogP contribution in [0.1, 0.15) is 97.1 Å². The summed E-state index contributed by atoms with van der Waals surface area (Å²) in [7, 11) is 4.68. The number of rotatable bonds is 20. The topological polar surface area (TPSA) is 168 Å². The Balaban J connectivity index is 1.76. The van der Waals surface area contributed by atoms with Crippen molar-refractivity contribution in [3.8, 4) is 11.5 Å². The van der Waals surface area contributed by atoms with Crippen LogP contribution in [0.2, 0.25) is 0 Å². The minimum Gasteiger partial charge on any atom is -0.497 e. The van der Waals surface area contributed by atoms with Crippen molar-refractivity contribution in [3.05, 3.63) is 71.3 Å². The van der Waals surface area contributed by atoms with Gasteiger partial charge in [0.05, 0.1) is 58.5 Å². The number of amides is 2. The Bertz CT molecular complexity index is 1960. The summed E-state index contributed by atoms with van der Waals surface area (Å²) in [5, 5.41) is 0. The second kappa shape index (κ2) is 26.3. The van der Waals surface area contributed by atoms with Crippen molar-refractivity contribution in [2.45, 2.75) is 124 Å². The second-order valence-electron chi connectivity index (χ2n) is 19.0. The maximum absolute atomic E-state index is 14.4. The van der Waals surface area contributed by atoms with Crippen molar-refractivity contribution < 1.29 is 71.2 Å².